The zero-order chi connectivity index (χ0) is 14.5. The molecule has 0 aliphatic carbocycles. The lowest BCUT2D eigenvalue weighted by Gasteiger charge is -2.26. The van der Waals surface area contributed by atoms with E-state index in [1.807, 2.05) is 0 Å². The molecule has 20 heavy (non-hydrogen) atoms. The quantitative estimate of drug-likeness (QED) is 0.633. The highest BCUT2D eigenvalue weighted by Gasteiger charge is 2.18. The number of piperidine rings is 1. The van der Waals surface area contributed by atoms with Crippen molar-refractivity contribution in [3.63, 3.8) is 0 Å². The molecule has 0 N–H and O–H groups in total. The molecule has 7 heteroatoms. The first-order chi connectivity index (χ1) is 9.58. The van der Waals surface area contributed by atoms with Gasteiger partial charge in [0.2, 0.25) is 0 Å². The summed E-state index contributed by atoms with van der Waals surface area (Å²) < 4.78 is 5.34. The first-order valence-corrected chi connectivity index (χ1v) is 6.80. The largest absolute Gasteiger partial charge is 0.482 e. The molecule has 1 amide bonds. The van der Waals surface area contributed by atoms with Crippen LogP contribution in [0.2, 0.25) is 5.02 Å². The monoisotopic (exact) mass is 298 g/mol. The Bertz CT molecular complexity index is 515. The van der Waals surface area contributed by atoms with Crippen molar-refractivity contribution in [2.75, 3.05) is 19.7 Å². The van der Waals surface area contributed by atoms with Gasteiger partial charge in [-0.05, 0) is 25.3 Å². The lowest BCUT2D eigenvalue weighted by molar-refractivity contribution is -0.384. The fourth-order valence-electron chi connectivity index (χ4n) is 2.09. The van der Waals surface area contributed by atoms with Gasteiger partial charge in [0.25, 0.3) is 11.6 Å². The van der Waals surface area contributed by atoms with Crippen LogP contribution in [0.25, 0.3) is 0 Å². The molecule has 0 aromatic heterocycles. The predicted molar refractivity (Wildman–Crippen MR) is 74.0 cm³/mol. The van der Waals surface area contributed by atoms with Gasteiger partial charge in [-0.3, -0.25) is 14.9 Å². The van der Waals surface area contributed by atoms with Crippen molar-refractivity contribution < 1.29 is 14.5 Å². The van der Waals surface area contributed by atoms with Crippen molar-refractivity contribution in [3.8, 4) is 5.75 Å². The number of halogens is 1. The van der Waals surface area contributed by atoms with Gasteiger partial charge < -0.3 is 9.64 Å². The molecule has 0 bridgehead atoms. The van der Waals surface area contributed by atoms with Gasteiger partial charge in [-0.1, -0.05) is 11.6 Å². The van der Waals surface area contributed by atoms with Crippen LogP contribution in [0.1, 0.15) is 19.3 Å². The van der Waals surface area contributed by atoms with Crippen LogP contribution in [0.15, 0.2) is 18.2 Å². The Labute approximate surface area is 121 Å². The first-order valence-electron chi connectivity index (χ1n) is 6.42. The minimum Gasteiger partial charge on any atom is -0.482 e. The summed E-state index contributed by atoms with van der Waals surface area (Å²) in [6, 6.07) is 3.92. The molecule has 0 unspecified atom stereocenters. The van der Waals surface area contributed by atoms with Gasteiger partial charge in [-0.15, -0.1) is 0 Å². The minimum atomic E-state index is -0.533. The van der Waals surface area contributed by atoms with E-state index in [1.165, 1.54) is 18.2 Å². The highest BCUT2D eigenvalue weighted by atomic mass is 35.5. The third kappa shape index (κ3) is 3.60. The molecule has 0 atom stereocenters. The van der Waals surface area contributed by atoms with E-state index in [1.54, 1.807) is 4.90 Å². The molecule has 2 rings (SSSR count). The zero-order valence-electron chi connectivity index (χ0n) is 10.9. The van der Waals surface area contributed by atoms with Crippen LogP contribution < -0.4 is 4.74 Å². The Morgan fingerprint density at radius 3 is 2.65 bits per heavy atom. The molecule has 0 saturated carbocycles. The normalized spacial score (nSPS) is 14.9. The number of non-ortho nitro benzene ring substituents is 1. The SMILES string of the molecule is O=C(COc1ccc([N+](=O)[O-])cc1Cl)N1CCCCC1. The molecule has 0 radical (unpaired) electrons. The fraction of sp³-hybridized carbons (Fsp3) is 0.462. The van der Waals surface area contributed by atoms with Gasteiger partial charge in [-0.25, -0.2) is 0 Å². The van der Waals surface area contributed by atoms with Crippen molar-refractivity contribution in [3.05, 3.63) is 33.3 Å². The van der Waals surface area contributed by atoms with Gasteiger partial charge in [0.1, 0.15) is 5.75 Å². The van der Waals surface area contributed by atoms with Gasteiger partial charge in [0, 0.05) is 25.2 Å². The standard InChI is InChI=1S/C13H15ClN2O4/c14-11-8-10(16(18)19)4-5-12(11)20-9-13(17)15-6-2-1-3-7-15/h4-5,8H,1-3,6-7,9H2. The maximum Gasteiger partial charge on any atom is 0.271 e. The molecule has 1 aliphatic heterocycles. The average molecular weight is 299 g/mol. The zero-order valence-corrected chi connectivity index (χ0v) is 11.6. The van der Waals surface area contributed by atoms with E-state index in [4.69, 9.17) is 16.3 Å². The minimum absolute atomic E-state index is 0.0841. The second-order valence-corrected chi connectivity index (χ2v) is 5.01. The molecule has 108 valence electrons. The van der Waals surface area contributed by atoms with E-state index in [0.29, 0.717) is 0 Å². The Balaban J connectivity index is 1.93. The van der Waals surface area contributed by atoms with Crippen molar-refractivity contribution in [1.82, 2.24) is 4.90 Å². The van der Waals surface area contributed by atoms with E-state index >= 15 is 0 Å². The second kappa shape index (κ2) is 6.56. The van der Waals surface area contributed by atoms with E-state index in [2.05, 4.69) is 0 Å². The van der Waals surface area contributed by atoms with Crippen molar-refractivity contribution >= 4 is 23.2 Å². The molecule has 1 saturated heterocycles. The van der Waals surface area contributed by atoms with Gasteiger partial charge in [0.15, 0.2) is 6.61 Å². The lowest BCUT2D eigenvalue weighted by Crippen LogP contribution is -2.38. The molecule has 1 aromatic carbocycles. The number of nitro groups is 1. The van der Waals surface area contributed by atoms with Crippen LogP contribution in [0, 0.1) is 10.1 Å². The number of hydrogen-bond acceptors (Lipinski definition) is 4. The lowest BCUT2D eigenvalue weighted by atomic mass is 10.1. The number of rotatable bonds is 4. The van der Waals surface area contributed by atoms with Crippen molar-refractivity contribution in [2.24, 2.45) is 0 Å². The van der Waals surface area contributed by atoms with Gasteiger partial charge in [0.05, 0.1) is 9.95 Å². The second-order valence-electron chi connectivity index (χ2n) is 4.60. The topological polar surface area (TPSA) is 72.7 Å². The fourth-order valence-corrected chi connectivity index (χ4v) is 2.32. The van der Waals surface area contributed by atoms with Gasteiger partial charge in [-0.2, -0.15) is 0 Å². The summed E-state index contributed by atoms with van der Waals surface area (Å²) in [7, 11) is 0. The van der Waals surface area contributed by atoms with Crippen molar-refractivity contribution in [2.45, 2.75) is 19.3 Å². The highest BCUT2D eigenvalue weighted by Crippen LogP contribution is 2.28. The molecule has 0 spiro atoms. The smallest absolute Gasteiger partial charge is 0.271 e. The number of carbonyl (C=O) groups is 1. The first kappa shape index (κ1) is 14.6. The third-order valence-electron chi connectivity index (χ3n) is 3.19. The maximum absolute atomic E-state index is 11.9. The van der Waals surface area contributed by atoms with Crippen LogP contribution in [0.4, 0.5) is 5.69 Å². The Morgan fingerprint density at radius 1 is 1.35 bits per heavy atom. The number of ether oxygens (including phenoxy) is 1. The maximum atomic E-state index is 11.9. The van der Waals surface area contributed by atoms with Crippen LogP contribution in [-0.4, -0.2) is 35.4 Å². The molecule has 6 nitrogen and oxygen atoms in total. The molecular weight excluding hydrogens is 284 g/mol. The van der Waals surface area contributed by atoms with E-state index in [0.717, 1.165) is 32.4 Å². The van der Waals surface area contributed by atoms with Crippen LogP contribution in [0.3, 0.4) is 0 Å². The predicted octanol–water partition coefficient (Wildman–Crippen LogP) is 2.64. The van der Waals surface area contributed by atoms with Crippen LogP contribution in [0.5, 0.6) is 5.75 Å². The molecule has 1 aromatic rings. The summed E-state index contributed by atoms with van der Waals surface area (Å²) in [5.41, 5.74) is -0.107. The molecule has 1 heterocycles. The van der Waals surface area contributed by atoms with Gasteiger partial charge >= 0.3 is 0 Å². The number of benzene rings is 1. The van der Waals surface area contributed by atoms with Crippen molar-refractivity contribution in [1.29, 1.82) is 0 Å². The van der Waals surface area contributed by atoms with E-state index in [9.17, 15) is 14.9 Å². The Morgan fingerprint density at radius 2 is 2.05 bits per heavy atom. The summed E-state index contributed by atoms with van der Waals surface area (Å²) >= 11 is 5.89. The van der Waals surface area contributed by atoms with Crippen LogP contribution >= 0.6 is 11.6 Å². The van der Waals surface area contributed by atoms with E-state index < -0.39 is 4.92 Å². The number of hydrogen-bond donors (Lipinski definition) is 0. The average Bonchev–Trinajstić information content (AvgIpc) is 2.46. The number of carbonyl (C=O) groups excluding carboxylic acids is 1. The summed E-state index contributed by atoms with van der Waals surface area (Å²) in [6.45, 7) is 1.42. The number of likely N-dealkylation sites (tertiary alicyclic amines) is 1. The summed E-state index contributed by atoms with van der Waals surface area (Å²) in [6.07, 6.45) is 3.19. The number of nitro benzene ring substituents is 1. The molecular formula is C13H15ClN2O4. The molecule has 1 fully saturated rings. The Hall–Kier alpha value is -1.82. The summed E-state index contributed by atoms with van der Waals surface area (Å²) in [5.74, 6) is 0.196. The Kier molecular flexibility index (Phi) is 4.79. The third-order valence-corrected chi connectivity index (χ3v) is 3.48. The highest BCUT2D eigenvalue weighted by molar-refractivity contribution is 6.32. The molecule has 1 aliphatic rings. The summed E-state index contributed by atoms with van der Waals surface area (Å²) in [4.78, 5) is 23.7. The number of amides is 1. The number of nitrogens with zero attached hydrogens (tertiary/aromatic N) is 2. The van der Waals surface area contributed by atoms with E-state index in [-0.39, 0.29) is 29.0 Å². The van der Waals surface area contributed by atoms with Crippen LogP contribution in [-0.2, 0) is 4.79 Å². The summed E-state index contributed by atoms with van der Waals surface area (Å²) in [5, 5.41) is 10.7.